The van der Waals surface area contributed by atoms with Gasteiger partial charge in [0.2, 0.25) is 5.91 Å². The minimum absolute atomic E-state index is 0.0336. The Labute approximate surface area is 116 Å². The van der Waals surface area contributed by atoms with E-state index in [0.717, 1.165) is 27.6 Å². The van der Waals surface area contributed by atoms with Crippen molar-refractivity contribution >= 4 is 22.4 Å². The molecule has 0 aliphatic heterocycles. The molecule has 0 saturated heterocycles. The van der Waals surface area contributed by atoms with Crippen LogP contribution in [0.1, 0.15) is 34.0 Å². The normalized spacial score (nSPS) is 10.7. The molecule has 0 aliphatic rings. The molecule has 0 atom stereocenters. The molecule has 0 spiro atoms. The fraction of sp³-hybridized carbons (Fsp3) is 0.462. The first-order chi connectivity index (χ1) is 8.97. The highest BCUT2D eigenvalue weighted by Crippen LogP contribution is 2.21. The van der Waals surface area contributed by atoms with Crippen molar-refractivity contribution in [3.63, 3.8) is 0 Å². The van der Waals surface area contributed by atoms with Gasteiger partial charge in [-0.15, -0.1) is 11.3 Å². The standard InChI is InChI=1S/C13H17N3O2S/c1-7-10(4)19-13(14-7)15-12(17)6-5-11-8(2)16-18-9(11)3/h5-6H2,1-4H3,(H,14,15,17). The Kier molecular flexibility index (Phi) is 3.99. The molecule has 0 bridgehead atoms. The summed E-state index contributed by atoms with van der Waals surface area (Å²) in [6.07, 6.45) is 1.04. The van der Waals surface area contributed by atoms with Gasteiger partial charge in [-0.25, -0.2) is 4.98 Å². The zero-order valence-electron chi connectivity index (χ0n) is 11.5. The highest BCUT2D eigenvalue weighted by molar-refractivity contribution is 7.15. The Bertz CT molecular complexity index is 562. The van der Waals surface area contributed by atoms with Gasteiger partial charge in [0.25, 0.3) is 0 Å². The molecule has 0 unspecified atom stereocenters. The van der Waals surface area contributed by atoms with Crippen molar-refractivity contribution in [3.05, 3.63) is 27.6 Å². The first-order valence-corrected chi connectivity index (χ1v) is 6.94. The fourth-order valence-corrected chi connectivity index (χ4v) is 2.64. The number of aromatic nitrogens is 2. The molecule has 0 aliphatic carbocycles. The molecule has 2 aromatic rings. The van der Waals surface area contributed by atoms with Crippen LogP contribution in [0.3, 0.4) is 0 Å². The van der Waals surface area contributed by atoms with Crippen LogP contribution in [-0.2, 0) is 11.2 Å². The van der Waals surface area contributed by atoms with E-state index in [4.69, 9.17) is 4.52 Å². The summed E-state index contributed by atoms with van der Waals surface area (Å²) in [4.78, 5) is 17.3. The van der Waals surface area contributed by atoms with Crippen LogP contribution in [0, 0.1) is 27.7 Å². The van der Waals surface area contributed by atoms with Gasteiger partial charge in [0.05, 0.1) is 11.4 Å². The summed E-state index contributed by atoms with van der Waals surface area (Å²) >= 11 is 1.50. The van der Waals surface area contributed by atoms with E-state index in [0.29, 0.717) is 18.0 Å². The van der Waals surface area contributed by atoms with Gasteiger partial charge in [-0.05, 0) is 34.1 Å². The second-order valence-electron chi connectivity index (χ2n) is 4.51. The highest BCUT2D eigenvalue weighted by atomic mass is 32.1. The van der Waals surface area contributed by atoms with Crippen molar-refractivity contribution < 1.29 is 9.32 Å². The second kappa shape index (κ2) is 5.52. The van der Waals surface area contributed by atoms with Gasteiger partial charge < -0.3 is 9.84 Å². The monoisotopic (exact) mass is 279 g/mol. The predicted molar refractivity (Wildman–Crippen MR) is 74.5 cm³/mol. The summed E-state index contributed by atoms with van der Waals surface area (Å²) in [5.41, 5.74) is 2.83. The molecule has 5 nitrogen and oxygen atoms in total. The minimum atomic E-state index is -0.0336. The summed E-state index contributed by atoms with van der Waals surface area (Å²) < 4.78 is 5.07. The van der Waals surface area contributed by atoms with Crippen LogP contribution in [0.25, 0.3) is 0 Å². The number of aryl methyl sites for hydroxylation is 4. The zero-order valence-corrected chi connectivity index (χ0v) is 12.3. The Morgan fingerprint density at radius 1 is 1.26 bits per heavy atom. The van der Waals surface area contributed by atoms with Gasteiger partial charge in [0, 0.05) is 16.9 Å². The largest absolute Gasteiger partial charge is 0.361 e. The lowest BCUT2D eigenvalue weighted by Crippen LogP contribution is -2.12. The van der Waals surface area contributed by atoms with E-state index in [9.17, 15) is 4.79 Å². The molecule has 19 heavy (non-hydrogen) atoms. The molecule has 1 amide bonds. The quantitative estimate of drug-likeness (QED) is 0.934. The molecule has 6 heteroatoms. The van der Waals surface area contributed by atoms with Gasteiger partial charge in [-0.2, -0.15) is 0 Å². The van der Waals surface area contributed by atoms with E-state index in [1.54, 1.807) is 0 Å². The number of carbonyl (C=O) groups is 1. The highest BCUT2D eigenvalue weighted by Gasteiger charge is 2.12. The third-order valence-electron chi connectivity index (χ3n) is 3.06. The number of carbonyl (C=O) groups excluding carboxylic acids is 1. The average Bonchev–Trinajstić information content (AvgIpc) is 2.81. The molecule has 2 rings (SSSR count). The molecule has 0 fully saturated rings. The number of rotatable bonds is 4. The molecule has 0 aromatic carbocycles. The first-order valence-electron chi connectivity index (χ1n) is 6.13. The lowest BCUT2D eigenvalue weighted by Gasteiger charge is -2.01. The van der Waals surface area contributed by atoms with Crippen LogP contribution in [0.4, 0.5) is 5.13 Å². The third kappa shape index (κ3) is 3.20. The van der Waals surface area contributed by atoms with Gasteiger partial charge in [0.15, 0.2) is 5.13 Å². The Morgan fingerprint density at radius 3 is 2.53 bits per heavy atom. The molecule has 1 N–H and O–H groups in total. The number of nitrogens with zero attached hydrogens (tertiary/aromatic N) is 2. The maximum Gasteiger partial charge on any atom is 0.226 e. The Hall–Kier alpha value is -1.69. The molecule has 2 aromatic heterocycles. The number of thiazole rings is 1. The van der Waals surface area contributed by atoms with Crippen LogP contribution < -0.4 is 5.32 Å². The zero-order chi connectivity index (χ0) is 14.0. The van der Waals surface area contributed by atoms with Crippen LogP contribution in [0.5, 0.6) is 0 Å². The maximum atomic E-state index is 11.9. The SMILES string of the molecule is Cc1nc(NC(=O)CCc2c(C)noc2C)sc1C. The summed E-state index contributed by atoms with van der Waals surface area (Å²) in [7, 11) is 0. The van der Waals surface area contributed by atoms with Gasteiger partial charge in [-0.3, -0.25) is 4.79 Å². The smallest absolute Gasteiger partial charge is 0.226 e. The molecule has 0 saturated carbocycles. The fourth-order valence-electron chi connectivity index (χ4n) is 1.81. The van der Waals surface area contributed by atoms with Crippen molar-refractivity contribution in [1.29, 1.82) is 0 Å². The van der Waals surface area contributed by atoms with Crippen LogP contribution in [0.2, 0.25) is 0 Å². The molecule has 2 heterocycles. The number of hydrogen-bond donors (Lipinski definition) is 1. The van der Waals surface area contributed by atoms with E-state index in [1.165, 1.54) is 11.3 Å². The lowest BCUT2D eigenvalue weighted by atomic mass is 10.1. The average molecular weight is 279 g/mol. The van der Waals surface area contributed by atoms with E-state index in [-0.39, 0.29) is 5.91 Å². The molecule has 0 radical (unpaired) electrons. The summed E-state index contributed by atoms with van der Waals surface area (Å²) in [6.45, 7) is 7.68. The summed E-state index contributed by atoms with van der Waals surface area (Å²) in [5, 5.41) is 7.36. The van der Waals surface area contributed by atoms with Crippen molar-refractivity contribution in [2.45, 2.75) is 40.5 Å². The second-order valence-corrected chi connectivity index (χ2v) is 5.71. The van der Waals surface area contributed by atoms with Gasteiger partial charge in [-0.1, -0.05) is 5.16 Å². The van der Waals surface area contributed by atoms with Crippen molar-refractivity contribution in [2.75, 3.05) is 5.32 Å². The van der Waals surface area contributed by atoms with E-state index >= 15 is 0 Å². The van der Waals surface area contributed by atoms with Gasteiger partial charge >= 0.3 is 0 Å². The van der Waals surface area contributed by atoms with Gasteiger partial charge in [0.1, 0.15) is 5.76 Å². The molecule has 102 valence electrons. The Balaban J connectivity index is 1.92. The molecular formula is C13H17N3O2S. The van der Waals surface area contributed by atoms with Crippen molar-refractivity contribution in [2.24, 2.45) is 0 Å². The predicted octanol–water partition coefficient (Wildman–Crippen LogP) is 2.94. The molecular weight excluding hydrogens is 262 g/mol. The van der Waals surface area contributed by atoms with E-state index < -0.39 is 0 Å². The van der Waals surface area contributed by atoms with Crippen molar-refractivity contribution in [1.82, 2.24) is 10.1 Å². The number of amides is 1. The minimum Gasteiger partial charge on any atom is -0.361 e. The first kappa shape index (κ1) is 13.7. The summed E-state index contributed by atoms with van der Waals surface area (Å²) in [5.74, 6) is 0.750. The lowest BCUT2D eigenvalue weighted by molar-refractivity contribution is -0.116. The van der Waals surface area contributed by atoms with Crippen LogP contribution in [0.15, 0.2) is 4.52 Å². The summed E-state index contributed by atoms with van der Waals surface area (Å²) in [6, 6.07) is 0. The van der Waals surface area contributed by atoms with Crippen LogP contribution >= 0.6 is 11.3 Å². The van der Waals surface area contributed by atoms with Crippen molar-refractivity contribution in [3.8, 4) is 0 Å². The van der Waals surface area contributed by atoms with E-state index in [1.807, 2.05) is 27.7 Å². The van der Waals surface area contributed by atoms with E-state index in [2.05, 4.69) is 15.5 Å². The topological polar surface area (TPSA) is 68.0 Å². The third-order valence-corrected chi connectivity index (χ3v) is 4.05. The number of anilines is 1. The Morgan fingerprint density at radius 2 is 2.00 bits per heavy atom. The van der Waals surface area contributed by atoms with Crippen LogP contribution in [-0.4, -0.2) is 16.0 Å². The number of hydrogen-bond acceptors (Lipinski definition) is 5. The number of nitrogens with one attached hydrogen (secondary N) is 1. The maximum absolute atomic E-state index is 11.9.